The van der Waals surface area contributed by atoms with Crippen LogP contribution in [-0.4, -0.2) is 29.3 Å². The molecule has 7 nitrogen and oxygen atoms in total. The van der Waals surface area contributed by atoms with Crippen molar-refractivity contribution in [2.75, 3.05) is 18.9 Å². The van der Waals surface area contributed by atoms with Crippen LogP contribution in [0.4, 0.5) is 5.82 Å². The Bertz CT molecular complexity index is 601. The van der Waals surface area contributed by atoms with Crippen LogP contribution in [0.5, 0.6) is 0 Å². The van der Waals surface area contributed by atoms with Gasteiger partial charge in [0.1, 0.15) is 0 Å². The van der Waals surface area contributed by atoms with E-state index in [1.807, 2.05) is 37.3 Å². The molecule has 0 aliphatic carbocycles. The monoisotopic (exact) mass is 317 g/mol. The third kappa shape index (κ3) is 4.54. The third-order valence-corrected chi connectivity index (χ3v) is 3.71. The van der Waals surface area contributed by atoms with Crippen LogP contribution in [0.1, 0.15) is 18.5 Å². The highest BCUT2D eigenvalue weighted by molar-refractivity contribution is 5.78. The average Bonchev–Trinajstić information content (AvgIpc) is 2.95. The van der Waals surface area contributed by atoms with Crippen LogP contribution in [0.2, 0.25) is 0 Å². The van der Waals surface area contributed by atoms with Crippen molar-refractivity contribution in [2.24, 2.45) is 11.8 Å². The van der Waals surface area contributed by atoms with Crippen LogP contribution in [0.25, 0.3) is 11.1 Å². The van der Waals surface area contributed by atoms with Gasteiger partial charge in [-0.2, -0.15) is 5.10 Å². The van der Waals surface area contributed by atoms with Gasteiger partial charge >= 0.3 is 0 Å². The van der Waals surface area contributed by atoms with Gasteiger partial charge in [-0.3, -0.25) is 15.3 Å². The molecule has 23 heavy (non-hydrogen) atoms. The maximum Gasteiger partial charge on any atom is 0.239 e. The first kappa shape index (κ1) is 17.0. The van der Waals surface area contributed by atoms with E-state index < -0.39 is 0 Å². The quantitative estimate of drug-likeness (QED) is 0.379. The zero-order valence-corrected chi connectivity index (χ0v) is 13.2. The molecule has 0 radical (unpaired) electrons. The smallest absolute Gasteiger partial charge is 0.239 e. The molecule has 7 heteroatoms. The second-order valence-corrected chi connectivity index (χ2v) is 5.40. The molecule has 1 aliphatic rings. The summed E-state index contributed by atoms with van der Waals surface area (Å²) in [6.07, 6.45) is 1.85. The number of aromatic nitrogens is 2. The number of amides is 1. The first-order valence-corrected chi connectivity index (χ1v) is 7.57. The van der Waals surface area contributed by atoms with Crippen LogP contribution in [0.3, 0.4) is 0 Å². The van der Waals surface area contributed by atoms with Crippen molar-refractivity contribution in [2.45, 2.75) is 19.8 Å². The highest BCUT2D eigenvalue weighted by Crippen LogP contribution is 2.26. The predicted molar refractivity (Wildman–Crippen MR) is 89.0 cm³/mol. The Labute approximate surface area is 135 Å². The number of aryl methyl sites for hydroxylation is 1. The number of nitrogens with one attached hydrogen (secondary N) is 2. The van der Waals surface area contributed by atoms with E-state index in [2.05, 4.69) is 15.6 Å². The molecule has 1 amide bonds. The Morgan fingerprint density at radius 3 is 2.65 bits per heavy atom. The lowest BCUT2D eigenvalue weighted by molar-refractivity contribution is -0.129. The molecule has 124 valence electrons. The molecule has 0 bridgehead atoms. The van der Waals surface area contributed by atoms with Crippen LogP contribution < -0.4 is 17.0 Å². The fraction of sp³-hybridized carbons (Fsp3) is 0.375. The molecule has 2 heterocycles. The van der Waals surface area contributed by atoms with E-state index in [1.165, 1.54) is 0 Å². The van der Waals surface area contributed by atoms with Crippen molar-refractivity contribution in [3.63, 3.8) is 0 Å². The zero-order chi connectivity index (χ0) is 16.7. The molecular weight excluding hydrogens is 294 g/mol. The number of rotatable bonds is 2. The Morgan fingerprint density at radius 1 is 1.39 bits per heavy atom. The topological polar surface area (TPSA) is 119 Å². The summed E-state index contributed by atoms with van der Waals surface area (Å²) < 4.78 is 5.09. The van der Waals surface area contributed by atoms with Crippen molar-refractivity contribution in [1.82, 2.24) is 15.6 Å². The number of nitrogens with zero attached hydrogens (tertiary/aromatic N) is 1. The molecule has 1 atom stereocenters. The van der Waals surface area contributed by atoms with Gasteiger partial charge < -0.3 is 10.5 Å². The number of nitrogens with two attached hydrogens (primary N) is 2. The molecular formula is C16H23N5O2. The summed E-state index contributed by atoms with van der Waals surface area (Å²) in [6, 6.07) is 10.00. The minimum atomic E-state index is -0.111. The molecule has 1 fully saturated rings. The number of carbonyl (C=O) groups excluding carboxylic acids is 1. The summed E-state index contributed by atoms with van der Waals surface area (Å²) in [7, 11) is 0. The Hall–Kier alpha value is -2.38. The van der Waals surface area contributed by atoms with E-state index in [4.69, 9.17) is 16.3 Å². The van der Waals surface area contributed by atoms with Gasteiger partial charge in [0, 0.05) is 17.9 Å². The molecule has 1 saturated heterocycles. The van der Waals surface area contributed by atoms with Crippen LogP contribution in [0.15, 0.2) is 30.3 Å². The van der Waals surface area contributed by atoms with E-state index in [0.717, 1.165) is 36.3 Å². The maximum atomic E-state index is 10.9. The fourth-order valence-corrected chi connectivity index (χ4v) is 2.48. The normalized spacial score (nSPS) is 17.0. The molecule has 2 aromatic rings. The number of carbonyl (C=O) groups is 1. The van der Waals surface area contributed by atoms with Crippen LogP contribution in [0, 0.1) is 12.8 Å². The molecule has 1 unspecified atom stereocenters. The van der Waals surface area contributed by atoms with Gasteiger partial charge in [-0.1, -0.05) is 30.3 Å². The molecule has 0 saturated carbocycles. The zero-order valence-electron chi connectivity index (χ0n) is 13.2. The SMILES string of the molecule is Cc1[nH]nc(N)c1-c1ccccc1.NNC(=O)C1CCCOC1. The summed E-state index contributed by atoms with van der Waals surface area (Å²) in [5.41, 5.74) is 11.0. The number of nitrogen functional groups attached to an aromatic ring is 1. The first-order valence-electron chi connectivity index (χ1n) is 7.57. The van der Waals surface area contributed by atoms with E-state index >= 15 is 0 Å². The second-order valence-electron chi connectivity index (χ2n) is 5.40. The summed E-state index contributed by atoms with van der Waals surface area (Å²) in [5.74, 6) is 5.37. The van der Waals surface area contributed by atoms with Gasteiger partial charge in [-0.05, 0) is 25.3 Å². The Balaban J connectivity index is 0.000000174. The van der Waals surface area contributed by atoms with Crippen molar-refractivity contribution in [3.05, 3.63) is 36.0 Å². The number of aromatic amines is 1. The highest BCUT2D eigenvalue weighted by atomic mass is 16.5. The van der Waals surface area contributed by atoms with E-state index in [9.17, 15) is 4.79 Å². The largest absolute Gasteiger partial charge is 0.382 e. The van der Waals surface area contributed by atoms with Gasteiger partial charge in [0.05, 0.1) is 12.5 Å². The number of ether oxygens (including phenoxy) is 1. The van der Waals surface area contributed by atoms with Crippen molar-refractivity contribution in [1.29, 1.82) is 0 Å². The third-order valence-electron chi connectivity index (χ3n) is 3.71. The summed E-state index contributed by atoms with van der Waals surface area (Å²) in [5, 5.41) is 6.81. The summed E-state index contributed by atoms with van der Waals surface area (Å²) in [6.45, 7) is 3.25. The standard InChI is InChI=1S/C10H11N3.C6H12N2O2/c1-7-9(10(11)13-12-7)8-5-3-2-4-6-8;7-8-6(9)5-2-1-3-10-4-5/h2-6H,1H3,(H3,11,12,13);5H,1-4,7H2,(H,8,9). The van der Waals surface area contributed by atoms with Gasteiger partial charge in [-0.15, -0.1) is 0 Å². The lowest BCUT2D eigenvalue weighted by atomic mass is 10.0. The van der Waals surface area contributed by atoms with E-state index in [1.54, 1.807) is 0 Å². The van der Waals surface area contributed by atoms with Gasteiger partial charge in [0.2, 0.25) is 5.91 Å². The average molecular weight is 317 g/mol. The van der Waals surface area contributed by atoms with Crippen molar-refractivity contribution >= 4 is 11.7 Å². The molecule has 6 N–H and O–H groups in total. The van der Waals surface area contributed by atoms with E-state index in [0.29, 0.717) is 12.4 Å². The number of hydrogen-bond acceptors (Lipinski definition) is 5. The van der Waals surface area contributed by atoms with E-state index in [-0.39, 0.29) is 11.8 Å². The first-order chi connectivity index (χ1) is 11.1. The predicted octanol–water partition coefficient (Wildman–Crippen LogP) is 1.37. The van der Waals surface area contributed by atoms with Gasteiger partial charge in [0.15, 0.2) is 5.82 Å². The lowest BCUT2D eigenvalue weighted by Crippen LogP contribution is -2.39. The van der Waals surface area contributed by atoms with Crippen molar-refractivity contribution in [3.8, 4) is 11.1 Å². The number of anilines is 1. The molecule has 1 aromatic heterocycles. The van der Waals surface area contributed by atoms with Crippen LogP contribution >= 0.6 is 0 Å². The fourth-order valence-electron chi connectivity index (χ4n) is 2.48. The minimum Gasteiger partial charge on any atom is -0.382 e. The number of H-pyrrole nitrogens is 1. The highest BCUT2D eigenvalue weighted by Gasteiger charge is 2.20. The number of hydrazine groups is 1. The van der Waals surface area contributed by atoms with Crippen molar-refractivity contribution < 1.29 is 9.53 Å². The molecule has 1 aliphatic heterocycles. The summed E-state index contributed by atoms with van der Waals surface area (Å²) in [4.78, 5) is 10.9. The Kier molecular flexibility index (Phi) is 6.13. The minimum absolute atomic E-state index is 0.0289. The number of hydrogen-bond donors (Lipinski definition) is 4. The molecule has 1 aromatic carbocycles. The van der Waals surface area contributed by atoms with Gasteiger partial charge in [-0.25, -0.2) is 5.84 Å². The molecule has 3 rings (SSSR count). The summed E-state index contributed by atoms with van der Waals surface area (Å²) >= 11 is 0. The van der Waals surface area contributed by atoms with Gasteiger partial charge in [0.25, 0.3) is 0 Å². The lowest BCUT2D eigenvalue weighted by Gasteiger charge is -2.19. The second kappa shape index (κ2) is 8.30. The maximum absolute atomic E-state index is 10.9. The Morgan fingerprint density at radius 2 is 2.13 bits per heavy atom. The molecule has 0 spiro atoms. The number of benzene rings is 1. The van der Waals surface area contributed by atoms with Crippen LogP contribution in [-0.2, 0) is 9.53 Å².